The molecule has 0 radical (unpaired) electrons. The van der Waals surface area contributed by atoms with E-state index in [0.29, 0.717) is 5.56 Å². The highest BCUT2D eigenvalue weighted by Gasteiger charge is 2.14. The molecule has 0 N–H and O–H groups in total. The van der Waals surface area contributed by atoms with Crippen LogP contribution in [-0.4, -0.2) is 5.97 Å². The summed E-state index contributed by atoms with van der Waals surface area (Å²) in [6.45, 7) is 0. The van der Waals surface area contributed by atoms with Crippen molar-refractivity contribution in [3.8, 4) is 11.8 Å². The van der Waals surface area contributed by atoms with Gasteiger partial charge in [-0.25, -0.2) is 9.18 Å². The Bertz CT molecular complexity index is 802. The largest absolute Gasteiger partial charge is 0.423 e. The number of ether oxygens (including phenoxy) is 1. The van der Waals surface area contributed by atoms with E-state index in [9.17, 15) is 9.18 Å². The topological polar surface area (TPSA) is 50.1 Å². The highest BCUT2D eigenvalue weighted by atomic mass is 19.1. The van der Waals surface area contributed by atoms with Crippen molar-refractivity contribution in [2.45, 2.75) is 44.9 Å². The van der Waals surface area contributed by atoms with Gasteiger partial charge in [-0.15, -0.1) is 0 Å². The van der Waals surface area contributed by atoms with Crippen molar-refractivity contribution in [1.29, 1.82) is 5.26 Å². The molecule has 0 saturated heterocycles. The average Bonchev–Trinajstić information content (AvgIpc) is 3.16. The van der Waals surface area contributed by atoms with E-state index in [1.165, 1.54) is 56.2 Å². The van der Waals surface area contributed by atoms with Gasteiger partial charge >= 0.3 is 5.97 Å². The Balaban J connectivity index is 1.53. The number of halogens is 1. The lowest BCUT2D eigenvalue weighted by atomic mass is 9.98. The average molecular weight is 351 g/mol. The summed E-state index contributed by atoms with van der Waals surface area (Å²) in [4.78, 5) is 12.2. The highest BCUT2D eigenvalue weighted by molar-refractivity contribution is 5.91. The number of esters is 1. The molecule has 2 aromatic rings. The third-order valence-corrected chi connectivity index (χ3v) is 5.01. The molecule has 1 fully saturated rings. The SMILES string of the molecule is N#Cc1ccc(OC(=O)c2ccc(CCCC3CCCC3)cc2)cc1F. The summed E-state index contributed by atoms with van der Waals surface area (Å²) < 4.78 is 18.8. The van der Waals surface area contributed by atoms with Gasteiger partial charge in [-0.2, -0.15) is 5.26 Å². The van der Waals surface area contributed by atoms with Crippen LogP contribution in [0.4, 0.5) is 4.39 Å². The standard InChI is InChI=1S/C22H22FNO2/c23-21-14-20(13-12-19(21)15-24)26-22(25)18-10-8-17(9-11-18)7-3-6-16-4-1-2-5-16/h8-14,16H,1-7H2. The van der Waals surface area contributed by atoms with Gasteiger partial charge in [-0.05, 0) is 48.6 Å². The maximum Gasteiger partial charge on any atom is 0.343 e. The fourth-order valence-electron chi connectivity index (χ4n) is 3.52. The first kappa shape index (κ1) is 18.1. The zero-order valence-corrected chi connectivity index (χ0v) is 14.7. The number of aryl methyl sites for hydroxylation is 1. The van der Waals surface area contributed by atoms with Gasteiger partial charge in [0.25, 0.3) is 0 Å². The van der Waals surface area contributed by atoms with Gasteiger partial charge in [0.15, 0.2) is 0 Å². The van der Waals surface area contributed by atoms with Crippen molar-refractivity contribution in [2.75, 3.05) is 0 Å². The second-order valence-electron chi connectivity index (χ2n) is 6.88. The quantitative estimate of drug-likeness (QED) is 0.515. The van der Waals surface area contributed by atoms with Gasteiger partial charge < -0.3 is 4.74 Å². The molecule has 4 heteroatoms. The molecule has 3 nitrogen and oxygen atoms in total. The van der Waals surface area contributed by atoms with E-state index in [0.717, 1.165) is 18.4 Å². The Labute approximate surface area is 153 Å². The summed E-state index contributed by atoms with van der Waals surface area (Å²) in [6.07, 6.45) is 9.00. The molecule has 0 aromatic heterocycles. The number of nitriles is 1. The molecule has 0 amide bonds. The molecule has 0 aliphatic heterocycles. The van der Waals surface area contributed by atoms with Crippen LogP contribution in [0.25, 0.3) is 0 Å². The fourth-order valence-corrected chi connectivity index (χ4v) is 3.52. The van der Waals surface area contributed by atoms with Gasteiger partial charge in [0.1, 0.15) is 17.6 Å². The number of hydrogen-bond donors (Lipinski definition) is 0. The summed E-state index contributed by atoms with van der Waals surface area (Å²) >= 11 is 0. The van der Waals surface area contributed by atoms with E-state index in [1.54, 1.807) is 18.2 Å². The molecule has 0 unspecified atom stereocenters. The predicted octanol–water partition coefficient (Wildman–Crippen LogP) is 5.43. The number of rotatable bonds is 6. The van der Waals surface area contributed by atoms with E-state index in [2.05, 4.69) is 0 Å². The number of hydrogen-bond acceptors (Lipinski definition) is 3. The molecular formula is C22H22FNO2. The lowest BCUT2D eigenvalue weighted by Crippen LogP contribution is -2.08. The molecule has 0 heterocycles. The molecule has 0 bridgehead atoms. The first-order valence-corrected chi connectivity index (χ1v) is 9.16. The van der Waals surface area contributed by atoms with Crippen molar-refractivity contribution in [1.82, 2.24) is 0 Å². The summed E-state index contributed by atoms with van der Waals surface area (Å²) in [5, 5.41) is 8.72. The van der Waals surface area contributed by atoms with Crippen LogP contribution in [0.15, 0.2) is 42.5 Å². The Morgan fingerprint density at radius 3 is 2.54 bits per heavy atom. The normalized spacial score (nSPS) is 14.2. The van der Waals surface area contributed by atoms with Crippen LogP contribution in [0.2, 0.25) is 0 Å². The van der Waals surface area contributed by atoms with Gasteiger partial charge in [0.2, 0.25) is 0 Å². The Morgan fingerprint density at radius 2 is 1.88 bits per heavy atom. The zero-order valence-electron chi connectivity index (χ0n) is 14.7. The Hall–Kier alpha value is -2.67. The summed E-state index contributed by atoms with van der Waals surface area (Å²) in [5.41, 5.74) is 1.56. The van der Waals surface area contributed by atoms with Crippen LogP contribution < -0.4 is 4.74 Å². The molecule has 0 atom stereocenters. The van der Waals surface area contributed by atoms with E-state index in [-0.39, 0.29) is 11.3 Å². The van der Waals surface area contributed by atoms with Crippen LogP contribution in [0, 0.1) is 23.1 Å². The van der Waals surface area contributed by atoms with Crippen LogP contribution in [-0.2, 0) is 6.42 Å². The number of benzene rings is 2. The van der Waals surface area contributed by atoms with Crippen molar-refractivity contribution < 1.29 is 13.9 Å². The third-order valence-electron chi connectivity index (χ3n) is 5.01. The van der Waals surface area contributed by atoms with Gasteiger partial charge in [-0.3, -0.25) is 0 Å². The molecule has 134 valence electrons. The summed E-state index contributed by atoms with van der Waals surface area (Å²) in [6, 6.07) is 12.9. The maximum atomic E-state index is 13.6. The van der Waals surface area contributed by atoms with E-state index in [4.69, 9.17) is 10.00 Å². The Kier molecular flexibility index (Phi) is 6.01. The van der Waals surface area contributed by atoms with Crippen molar-refractivity contribution in [3.63, 3.8) is 0 Å². The number of carbonyl (C=O) groups excluding carboxylic acids is 1. The minimum absolute atomic E-state index is 0.0771. The van der Waals surface area contributed by atoms with Gasteiger partial charge in [0, 0.05) is 6.07 Å². The van der Waals surface area contributed by atoms with Crippen molar-refractivity contribution in [3.05, 3.63) is 65.0 Å². The van der Waals surface area contributed by atoms with E-state index in [1.807, 2.05) is 12.1 Å². The molecule has 3 rings (SSSR count). The molecule has 1 saturated carbocycles. The minimum atomic E-state index is -0.699. The number of nitrogens with zero attached hydrogens (tertiary/aromatic N) is 1. The van der Waals surface area contributed by atoms with Gasteiger partial charge in [-0.1, -0.05) is 44.2 Å². The van der Waals surface area contributed by atoms with Gasteiger partial charge in [0.05, 0.1) is 11.1 Å². The van der Waals surface area contributed by atoms with E-state index < -0.39 is 11.8 Å². The molecule has 0 spiro atoms. The van der Waals surface area contributed by atoms with E-state index >= 15 is 0 Å². The molecule has 2 aromatic carbocycles. The van der Waals surface area contributed by atoms with Crippen molar-refractivity contribution >= 4 is 5.97 Å². The summed E-state index contributed by atoms with van der Waals surface area (Å²) in [5.74, 6) is -0.244. The van der Waals surface area contributed by atoms with Crippen molar-refractivity contribution in [2.24, 2.45) is 5.92 Å². The van der Waals surface area contributed by atoms with Crippen LogP contribution >= 0.6 is 0 Å². The molecule has 1 aliphatic carbocycles. The second kappa shape index (κ2) is 8.62. The molecule has 26 heavy (non-hydrogen) atoms. The highest BCUT2D eigenvalue weighted by Crippen LogP contribution is 2.29. The molecule has 1 aliphatic rings. The smallest absolute Gasteiger partial charge is 0.343 e. The van der Waals surface area contributed by atoms with Crippen LogP contribution in [0.3, 0.4) is 0 Å². The summed E-state index contributed by atoms with van der Waals surface area (Å²) in [7, 11) is 0. The predicted molar refractivity (Wildman–Crippen MR) is 97.4 cm³/mol. The fraction of sp³-hybridized carbons (Fsp3) is 0.364. The number of carbonyl (C=O) groups is 1. The lowest BCUT2D eigenvalue weighted by molar-refractivity contribution is 0.0734. The molecular weight excluding hydrogens is 329 g/mol. The van der Waals surface area contributed by atoms with Crippen LogP contribution in [0.5, 0.6) is 5.75 Å². The second-order valence-corrected chi connectivity index (χ2v) is 6.88. The first-order chi connectivity index (χ1) is 12.7. The maximum absolute atomic E-state index is 13.6. The Morgan fingerprint density at radius 1 is 1.15 bits per heavy atom. The zero-order chi connectivity index (χ0) is 18.4. The third kappa shape index (κ3) is 4.70. The monoisotopic (exact) mass is 351 g/mol. The minimum Gasteiger partial charge on any atom is -0.423 e. The first-order valence-electron chi connectivity index (χ1n) is 9.16. The van der Waals surface area contributed by atoms with Crippen LogP contribution in [0.1, 0.15) is 60.0 Å². The lowest BCUT2D eigenvalue weighted by Gasteiger charge is -2.09.